The molecule has 2 aromatic carbocycles. The third kappa shape index (κ3) is 7.72. The van der Waals surface area contributed by atoms with Gasteiger partial charge in [0.25, 0.3) is 5.91 Å². The first-order valence-electron chi connectivity index (χ1n) is 11.7. The molecule has 0 aliphatic heterocycles. The number of rotatable bonds is 13. The van der Waals surface area contributed by atoms with Crippen molar-refractivity contribution in [3.05, 3.63) is 42.0 Å². The standard InChI is InChI=1S/C26H35N3O4S.ClH/c1-6-7-8-15-33-20-12-9-11-19(16-20)25(30)29(14-10-13-28(2)3)26-27-21-17-22(31-4)23(32-5)18-24(21)34-26;/h9,11-12,16-18H,6-8,10,13-15H2,1-5H3;1H. The number of unbranched alkanes of at least 4 members (excludes halogenated alkanes) is 2. The normalized spacial score (nSPS) is 10.8. The third-order valence-electron chi connectivity index (χ3n) is 5.44. The van der Waals surface area contributed by atoms with E-state index >= 15 is 0 Å². The molecule has 0 unspecified atom stereocenters. The molecule has 1 heterocycles. The minimum atomic E-state index is -0.0873. The van der Waals surface area contributed by atoms with E-state index in [1.165, 1.54) is 11.3 Å². The van der Waals surface area contributed by atoms with E-state index in [-0.39, 0.29) is 18.3 Å². The molecule has 0 saturated heterocycles. The molecule has 0 bridgehead atoms. The van der Waals surface area contributed by atoms with Gasteiger partial charge in [-0.05, 0) is 51.7 Å². The molecule has 0 aliphatic carbocycles. The van der Waals surface area contributed by atoms with Gasteiger partial charge in [0.15, 0.2) is 16.6 Å². The molecule has 192 valence electrons. The zero-order valence-electron chi connectivity index (χ0n) is 21.2. The van der Waals surface area contributed by atoms with Gasteiger partial charge in [-0.3, -0.25) is 9.69 Å². The molecule has 1 aromatic heterocycles. The first-order chi connectivity index (χ1) is 16.5. The monoisotopic (exact) mass is 521 g/mol. The second kappa shape index (κ2) is 14.1. The van der Waals surface area contributed by atoms with Crippen molar-refractivity contribution in [3.63, 3.8) is 0 Å². The Morgan fingerprint density at radius 2 is 1.74 bits per heavy atom. The molecule has 0 N–H and O–H groups in total. The molecule has 35 heavy (non-hydrogen) atoms. The van der Waals surface area contributed by atoms with Crippen molar-refractivity contribution in [1.82, 2.24) is 9.88 Å². The second-order valence-corrected chi connectivity index (χ2v) is 9.38. The number of halogens is 1. The summed E-state index contributed by atoms with van der Waals surface area (Å²) in [6, 6.07) is 11.2. The van der Waals surface area contributed by atoms with Gasteiger partial charge in [0.2, 0.25) is 0 Å². The smallest absolute Gasteiger partial charge is 0.260 e. The Balaban J connectivity index is 0.00000432. The van der Waals surface area contributed by atoms with Gasteiger partial charge in [-0.25, -0.2) is 4.98 Å². The lowest BCUT2D eigenvalue weighted by molar-refractivity contribution is 0.0985. The van der Waals surface area contributed by atoms with Crippen LogP contribution in [0.3, 0.4) is 0 Å². The number of nitrogens with zero attached hydrogens (tertiary/aromatic N) is 3. The highest BCUT2D eigenvalue weighted by molar-refractivity contribution is 7.22. The topological polar surface area (TPSA) is 64.1 Å². The molecular formula is C26H36ClN3O4S. The van der Waals surface area contributed by atoms with Crippen LogP contribution in [0.5, 0.6) is 17.2 Å². The van der Waals surface area contributed by atoms with Crippen LogP contribution in [-0.2, 0) is 0 Å². The summed E-state index contributed by atoms with van der Waals surface area (Å²) in [4.78, 5) is 22.3. The zero-order valence-corrected chi connectivity index (χ0v) is 22.8. The van der Waals surface area contributed by atoms with Gasteiger partial charge >= 0.3 is 0 Å². The highest BCUT2D eigenvalue weighted by Crippen LogP contribution is 2.37. The summed E-state index contributed by atoms with van der Waals surface area (Å²) in [5.41, 5.74) is 1.36. The summed E-state index contributed by atoms with van der Waals surface area (Å²) in [5, 5.41) is 0.656. The van der Waals surface area contributed by atoms with Gasteiger partial charge in [0.1, 0.15) is 5.75 Å². The van der Waals surface area contributed by atoms with Crippen molar-refractivity contribution in [3.8, 4) is 17.2 Å². The van der Waals surface area contributed by atoms with Crippen LogP contribution in [0.15, 0.2) is 36.4 Å². The average Bonchev–Trinajstić information content (AvgIpc) is 3.25. The van der Waals surface area contributed by atoms with E-state index in [1.54, 1.807) is 19.1 Å². The van der Waals surface area contributed by atoms with E-state index in [9.17, 15) is 4.79 Å². The number of carbonyl (C=O) groups is 1. The molecule has 3 aromatic rings. The summed E-state index contributed by atoms with van der Waals surface area (Å²) >= 11 is 1.47. The highest BCUT2D eigenvalue weighted by atomic mass is 35.5. The number of amides is 1. The number of anilines is 1. The summed E-state index contributed by atoms with van der Waals surface area (Å²) in [7, 11) is 7.27. The van der Waals surface area contributed by atoms with Crippen molar-refractivity contribution < 1.29 is 19.0 Å². The van der Waals surface area contributed by atoms with E-state index in [0.29, 0.717) is 41.1 Å². The van der Waals surface area contributed by atoms with Crippen LogP contribution < -0.4 is 19.1 Å². The van der Waals surface area contributed by atoms with E-state index in [1.807, 2.05) is 50.5 Å². The summed E-state index contributed by atoms with van der Waals surface area (Å²) in [6.45, 7) is 4.25. The van der Waals surface area contributed by atoms with Crippen LogP contribution in [-0.4, -0.2) is 63.8 Å². The van der Waals surface area contributed by atoms with Crippen molar-refractivity contribution >= 4 is 45.0 Å². The Labute approximate surface area is 218 Å². The fraction of sp³-hybridized carbons (Fsp3) is 0.462. The molecule has 0 fully saturated rings. The Bertz CT molecular complexity index is 1050. The molecule has 9 heteroatoms. The van der Waals surface area contributed by atoms with Crippen LogP contribution >= 0.6 is 23.7 Å². The van der Waals surface area contributed by atoms with Crippen LogP contribution in [0, 0.1) is 0 Å². The van der Waals surface area contributed by atoms with Gasteiger partial charge in [0.05, 0.1) is 31.0 Å². The number of aromatic nitrogens is 1. The molecule has 0 spiro atoms. The first kappa shape index (κ1) is 28.7. The van der Waals surface area contributed by atoms with E-state index in [4.69, 9.17) is 19.2 Å². The Morgan fingerprint density at radius 1 is 1.00 bits per heavy atom. The van der Waals surface area contributed by atoms with E-state index in [2.05, 4.69) is 11.8 Å². The van der Waals surface area contributed by atoms with Crippen molar-refractivity contribution in [2.24, 2.45) is 0 Å². The maximum absolute atomic E-state index is 13.6. The van der Waals surface area contributed by atoms with Crippen LogP contribution in [0.25, 0.3) is 10.2 Å². The summed E-state index contributed by atoms with van der Waals surface area (Å²) in [6.07, 6.45) is 4.10. The molecule has 1 amide bonds. The van der Waals surface area contributed by atoms with Crippen LogP contribution in [0.2, 0.25) is 0 Å². The Kier molecular flexibility index (Phi) is 11.6. The quantitative estimate of drug-likeness (QED) is 0.261. The minimum absolute atomic E-state index is 0. The third-order valence-corrected chi connectivity index (χ3v) is 6.48. The number of ether oxygens (including phenoxy) is 3. The van der Waals surface area contributed by atoms with Crippen molar-refractivity contribution in [2.75, 3.05) is 52.9 Å². The second-order valence-electron chi connectivity index (χ2n) is 8.37. The average molecular weight is 522 g/mol. The largest absolute Gasteiger partial charge is 0.494 e. The summed E-state index contributed by atoms with van der Waals surface area (Å²) < 4.78 is 17.7. The van der Waals surface area contributed by atoms with Gasteiger partial charge in [0, 0.05) is 24.2 Å². The number of thiazole rings is 1. The number of carbonyl (C=O) groups excluding carboxylic acids is 1. The molecule has 3 rings (SSSR count). The molecule has 0 saturated carbocycles. The SMILES string of the molecule is CCCCCOc1cccc(C(=O)N(CCCN(C)C)c2nc3cc(OC)c(OC)cc3s2)c1.Cl. The lowest BCUT2D eigenvalue weighted by Gasteiger charge is -2.21. The van der Waals surface area contributed by atoms with Gasteiger partial charge in [-0.15, -0.1) is 12.4 Å². The predicted molar refractivity (Wildman–Crippen MR) is 146 cm³/mol. The lowest BCUT2D eigenvalue weighted by atomic mass is 10.2. The summed E-state index contributed by atoms with van der Waals surface area (Å²) in [5.74, 6) is 1.89. The van der Waals surface area contributed by atoms with Crippen molar-refractivity contribution in [2.45, 2.75) is 32.6 Å². The fourth-order valence-electron chi connectivity index (χ4n) is 3.60. The maximum atomic E-state index is 13.6. The van der Waals surface area contributed by atoms with Gasteiger partial charge in [-0.1, -0.05) is 37.2 Å². The number of methoxy groups -OCH3 is 2. The first-order valence-corrected chi connectivity index (χ1v) is 12.5. The number of hydrogen-bond donors (Lipinski definition) is 0. The number of hydrogen-bond acceptors (Lipinski definition) is 7. The molecule has 7 nitrogen and oxygen atoms in total. The minimum Gasteiger partial charge on any atom is -0.494 e. The Morgan fingerprint density at radius 3 is 2.43 bits per heavy atom. The number of benzene rings is 2. The highest BCUT2D eigenvalue weighted by Gasteiger charge is 2.22. The molecular weight excluding hydrogens is 486 g/mol. The van der Waals surface area contributed by atoms with Gasteiger partial charge in [-0.2, -0.15) is 0 Å². The number of fused-ring (bicyclic) bond motifs is 1. The van der Waals surface area contributed by atoms with Crippen LogP contribution in [0.1, 0.15) is 43.0 Å². The molecule has 0 aliphatic rings. The lowest BCUT2D eigenvalue weighted by Crippen LogP contribution is -2.33. The van der Waals surface area contributed by atoms with Crippen molar-refractivity contribution in [1.29, 1.82) is 0 Å². The maximum Gasteiger partial charge on any atom is 0.260 e. The fourth-order valence-corrected chi connectivity index (χ4v) is 4.60. The molecule has 0 atom stereocenters. The Hall–Kier alpha value is -2.55. The van der Waals surface area contributed by atoms with Gasteiger partial charge < -0.3 is 19.1 Å². The van der Waals surface area contributed by atoms with E-state index in [0.717, 1.165) is 42.4 Å². The van der Waals surface area contributed by atoms with E-state index < -0.39 is 0 Å². The van der Waals surface area contributed by atoms with Crippen LogP contribution in [0.4, 0.5) is 5.13 Å². The zero-order chi connectivity index (χ0) is 24.5. The molecule has 0 radical (unpaired) electrons. The predicted octanol–water partition coefficient (Wildman–Crippen LogP) is 5.90.